The summed E-state index contributed by atoms with van der Waals surface area (Å²) in [5.41, 5.74) is 7.06. The molecule has 0 bridgehead atoms. The molecule has 1 aromatic rings. The highest BCUT2D eigenvalue weighted by molar-refractivity contribution is 5.93. The number of carbonyl (C=O) groups is 1. The Bertz CT molecular complexity index is 433. The molecule has 0 saturated heterocycles. The predicted octanol–water partition coefficient (Wildman–Crippen LogP) is 4.36. The van der Waals surface area contributed by atoms with Crippen LogP contribution in [0.1, 0.15) is 58.3 Å². The summed E-state index contributed by atoms with van der Waals surface area (Å²) in [4.78, 5) is 11.9. The van der Waals surface area contributed by atoms with Gasteiger partial charge in [-0.15, -0.1) is 0 Å². The fourth-order valence-electron chi connectivity index (χ4n) is 2.24. The monoisotopic (exact) mass is 292 g/mol. The lowest BCUT2D eigenvalue weighted by Gasteiger charge is -2.09. The highest BCUT2D eigenvalue weighted by Gasteiger charge is 2.06. The van der Waals surface area contributed by atoms with Crippen LogP contribution in [0, 0.1) is 0 Å². The number of benzene rings is 1. The molecule has 0 aromatic heterocycles. The van der Waals surface area contributed by atoms with Gasteiger partial charge in [0.1, 0.15) is 5.75 Å². The van der Waals surface area contributed by atoms with Crippen molar-refractivity contribution < 1.29 is 9.53 Å². The summed E-state index contributed by atoms with van der Waals surface area (Å²) in [5.74, 6) is 0.720. The number of nitrogens with one attached hydrogen (secondary N) is 1. The lowest BCUT2D eigenvalue weighted by molar-refractivity contribution is -0.116. The van der Waals surface area contributed by atoms with Gasteiger partial charge >= 0.3 is 0 Å². The summed E-state index contributed by atoms with van der Waals surface area (Å²) in [7, 11) is 1.59. The van der Waals surface area contributed by atoms with Crippen molar-refractivity contribution in [2.75, 3.05) is 18.2 Å². The van der Waals surface area contributed by atoms with E-state index in [4.69, 9.17) is 10.5 Å². The van der Waals surface area contributed by atoms with Crippen molar-refractivity contribution in [3.8, 4) is 5.75 Å². The maximum absolute atomic E-state index is 11.9. The Hall–Kier alpha value is -1.71. The quantitative estimate of drug-likeness (QED) is 0.497. The average Bonchev–Trinajstić information content (AvgIpc) is 2.48. The zero-order valence-corrected chi connectivity index (χ0v) is 13.3. The van der Waals surface area contributed by atoms with Crippen molar-refractivity contribution in [3.63, 3.8) is 0 Å². The number of methoxy groups -OCH3 is 1. The number of nitrogen functional groups attached to an aromatic ring is 1. The number of ether oxygens (including phenoxy) is 1. The van der Waals surface area contributed by atoms with Crippen LogP contribution in [-0.4, -0.2) is 13.0 Å². The SMILES string of the molecule is CCCCCCCCCC(=O)Nc1ccc(OC)cc1N. The van der Waals surface area contributed by atoms with Crippen LogP contribution in [0.5, 0.6) is 5.75 Å². The summed E-state index contributed by atoms with van der Waals surface area (Å²) in [6.07, 6.45) is 9.01. The number of nitrogens with two attached hydrogens (primary N) is 1. The molecule has 0 radical (unpaired) electrons. The van der Waals surface area contributed by atoms with Gasteiger partial charge in [0.2, 0.25) is 5.91 Å². The second kappa shape index (κ2) is 10.1. The molecule has 118 valence electrons. The second-order valence-electron chi connectivity index (χ2n) is 5.37. The van der Waals surface area contributed by atoms with Crippen LogP contribution in [0.2, 0.25) is 0 Å². The summed E-state index contributed by atoms with van der Waals surface area (Å²) < 4.78 is 5.08. The van der Waals surface area contributed by atoms with Crippen molar-refractivity contribution >= 4 is 17.3 Å². The number of rotatable bonds is 10. The molecule has 1 amide bonds. The molecule has 0 saturated carbocycles. The molecule has 1 aromatic carbocycles. The van der Waals surface area contributed by atoms with Gasteiger partial charge in [0.05, 0.1) is 18.5 Å². The van der Waals surface area contributed by atoms with Gasteiger partial charge < -0.3 is 15.8 Å². The Kier molecular flexibility index (Phi) is 8.32. The minimum Gasteiger partial charge on any atom is -0.497 e. The summed E-state index contributed by atoms with van der Waals surface area (Å²) in [6, 6.07) is 5.28. The number of amides is 1. The van der Waals surface area contributed by atoms with E-state index in [0.29, 0.717) is 23.5 Å². The first-order chi connectivity index (χ1) is 10.2. The van der Waals surface area contributed by atoms with Crippen molar-refractivity contribution in [1.82, 2.24) is 0 Å². The molecule has 3 N–H and O–H groups in total. The third kappa shape index (κ3) is 7.02. The Morgan fingerprint density at radius 2 is 1.81 bits per heavy atom. The van der Waals surface area contributed by atoms with Crippen LogP contribution >= 0.6 is 0 Å². The van der Waals surface area contributed by atoms with E-state index >= 15 is 0 Å². The normalized spacial score (nSPS) is 10.4. The largest absolute Gasteiger partial charge is 0.497 e. The molecule has 21 heavy (non-hydrogen) atoms. The number of hydrogen-bond acceptors (Lipinski definition) is 3. The maximum atomic E-state index is 11.9. The highest BCUT2D eigenvalue weighted by Crippen LogP contribution is 2.24. The van der Waals surface area contributed by atoms with Gasteiger partial charge in [0, 0.05) is 12.5 Å². The summed E-state index contributed by atoms with van der Waals surface area (Å²) in [5, 5.41) is 2.85. The maximum Gasteiger partial charge on any atom is 0.224 e. The Morgan fingerprint density at radius 3 is 2.43 bits per heavy atom. The van der Waals surface area contributed by atoms with Gasteiger partial charge in [-0.2, -0.15) is 0 Å². The standard InChI is InChI=1S/C17H28N2O2/c1-3-4-5-6-7-8-9-10-17(20)19-16-12-11-14(21-2)13-15(16)18/h11-13H,3-10,18H2,1-2H3,(H,19,20). The first kappa shape index (κ1) is 17.3. The van der Waals surface area contributed by atoms with Gasteiger partial charge in [0.15, 0.2) is 0 Å². The Labute approximate surface area is 128 Å². The molecular weight excluding hydrogens is 264 g/mol. The van der Waals surface area contributed by atoms with E-state index in [9.17, 15) is 4.79 Å². The summed E-state index contributed by atoms with van der Waals surface area (Å²) >= 11 is 0. The average molecular weight is 292 g/mol. The third-order valence-corrected chi connectivity index (χ3v) is 3.54. The van der Waals surface area contributed by atoms with Gasteiger partial charge in [-0.3, -0.25) is 4.79 Å². The molecule has 0 aliphatic carbocycles. The van der Waals surface area contributed by atoms with Crippen LogP contribution in [0.15, 0.2) is 18.2 Å². The number of hydrogen-bond donors (Lipinski definition) is 2. The first-order valence-corrected chi connectivity index (χ1v) is 7.90. The molecule has 0 aliphatic rings. The molecule has 0 aliphatic heterocycles. The van der Waals surface area contributed by atoms with Gasteiger partial charge in [-0.1, -0.05) is 45.4 Å². The molecule has 4 heteroatoms. The van der Waals surface area contributed by atoms with E-state index in [1.165, 1.54) is 32.1 Å². The van der Waals surface area contributed by atoms with E-state index < -0.39 is 0 Å². The second-order valence-corrected chi connectivity index (χ2v) is 5.37. The van der Waals surface area contributed by atoms with Crippen molar-refractivity contribution in [2.45, 2.75) is 58.3 Å². The molecule has 1 rings (SSSR count). The van der Waals surface area contributed by atoms with Crippen molar-refractivity contribution in [2.24, 2.45) is 0 Å². The predicted molar refractivity (Wildman–Crippen MR) is 88.6 cm³/mol. The van der Waals surface area contributed by atoms with Crippen LogP contribution in [-0.2, 0) is 4.79 Å². The molecule has 0 spiro atoms. The molecule has 0 atom stereocenters. The summed E-state index contributed by atoms with van der Waals surface area (Å²) in [6.45, 7) is 2.22. The van der Waals surface area contributed by atoms with Crippen LogP contribution < -0.4 is 15.8 Å². The van der Waals surface area contributed by atoms with E-state index in [0.717, 1.165) is 12.8 Å². The lowest BCUT2D eigenvalue weighted by atomic mass is 10.1. The minimum absolute atomic E-state index is 0.0282. The molecular formula is C17H28N2O2. The van der Waals surface area contributed by atoms with E-state index in [1.54, 1.807) is 25.3 Å². The fourth-order valence-corrected chi connectivity index (χ4v) is 2.24. The fraction of sp³-hybridized carbons (Fsp3) is 0.588. The topological polar surface area (TPSA) is 64.3 Å². The number of anilines is 2. The smallest absolute Gasteiger partial charge is 0.224 e. The van der Waals surface area contributed by atoms with E-state index in [2.05, 4.69) is 12.2 Å². The lowest BCUT2D eigenvalue weighted by Crippen LogP contribution is -2.12. The van der Waals surface area contributed by atoms with Crippen LogP contribution in [0.4, 0.5) is 11.4 Å². The molecule has 0 fully saturated rings. The molecule has 0 unspecified atom stereocenters. The van der Waals surface area contributed by atoms with Gasteiger partial charge in [0.25, 0.3) is 0 Å². The Balaban J connectivity index is 2.21. The Morgan fingerprint density at radius 1 is 1.14 bits per heavy atom. The van der Waals surface area contributed by atoms with E-state index in [-0.39, 0.29) is 5.91 Å². The molecule has 0 heterocycles. The zero-order valence-electron chi connectivity index (χ0n) is 13.3. The van der Waals surface area contributed by atoms with Crippen molar-refractivity contribution in [3.05, 3.63) is 18.2 Å². The molecule has 4 nitrogen and oxygen atoms in total. The first-order valence-electron chi connectivity index (χ1n) is 7.90. The highest BCUT2D eigenvalue weighted by atomic mass is 16.5. The van der Waals surface area contributed by atoms with Gasteiger partial charge in [-0.25, -0.2) is 0 Å². The van der Waals surface area contributed by atoms with Crippen LogP contribution in [0.3, 0.4) is 0 Å². The number of carbonyl (C=O) groups excluding carboxylic acids is 1. The van der Waals surface area contributed by atoms with Gasteiger partial charge in [-0.05, 0) is 18.6 Å². The zero-order chi connectivity index (χ0) is 15.5. The minimum atomic E-state index is 0.0282. The third-order valence-electron chi connectivity index (χ3n) is 3.54. The van der Waals surface area contributed by atoms with Crippen molar-refractivity contribution in [1.29, 1.82) is 0 Å². The van der Waals surface area contributed by atoms with E-state index in [1.807, 2.05) is 0 Å². The number of unbranched alkanes of at least 4 members (excludes halogenated alkanes) is 6. The van der Waals surface area contributed by atoms with Crippen LogP contribution in [0.25, 0.3) is 0 Å².